The van der Waals surface area contributed by atoms with Crippen molar-refractivity contribution in [3.63, 3.8) is 0 Å². The van der Waals surface area contributed by atoms with Crippen molar-refractivity contribution in [1.29, 1.82) is 0 Å². The molecule has 0 aliphatic heterocycles. The fourth-order valence-electron chi connectivity index (χ4n) is 9.54. The number of allylic oxidation sites excluding steroid dienone is 8. The van der Waals surface area contributed by atoms with Gasteiger partial charge in [-0.25, -0.2) is 0 Å². The van der Waals surface area contributed by atoms with Gasteiger partial charge in [0, 0.05) is 5.54 Å². The van der Waals surface area contributed by atoms with Crippen molar-refractivity contribution in [1.82, 2.24) is 0 Å². The summed E-state index contributed by atoms with van der Waals surface area (Å²) in [6, 6.07) is 18.6. The van der Waals surface area contributed by atoms with Crippen molar-refractivity contribution >= 4 is 61.1 Å². The molecule has 6 rings (SSSR count). The fraction of sp³-hybridized carbons (Fsp3) is 0.396. The summed E-state index contributed by atoms with van der Waals surface area (Å²) in [5, 5.41) is 8.62. The molecule has 0 aromatic heterocycles. The summed E-state index contributed by atoms with van der Waals surface area (Å²) in [6.45, 7) is 29.3. The number of aryl methyl sites for hydroxylation is 8. The molecule has 0 radical (unpaired) electrons. The van der Waals surface area contributed by atoms with E-state index in [4.69, 9.17) is 18.9 Å². The molecule has 4 nitrogen and oxygen atoms in total. The quantitative estimate of drug-likeness (QED) is 0.0760. The molecule has 0 fully saturated rings. The summed E-state index contributed by atoms with van der Waals surface area (Å²) >= 11 is 3.99. The van der Waals surface area contributed by atoms with Gasteiger partial charge in [0.2, 0.25) is 0 Å². The summed E-state index contributed by atoms with van der Waals surface area (Å²) in [7, 11) is 4.25. The van der Waals surface area contributed by atoms with Crippen LogP contribution in [0.1, 0.15) is 71.2 Å². The van der Waals surface area contributed by atoms with Crippen molar-refractivity contribution in [2.24, 2.45) is 0 Å². The van der Waals surface area contributed by atoms with E-state index >= 15 is 0 Å². The first-order valence-electron chi connectivity index (χ1n) is 21.5. The van der Waals surface area contributed by atoms with E-state index in [0.29, 0.717) is 10.4 Å². The minimum Gasteiger partial charge on any atom is -0.496 e. The van der Waals surface area contributed by atoms with Gasteiger partial charge in [-0.05, 0) is 209 Å². The van der Waals surface area contributed by atoms with Crippen LogP contribution in [-0.4, -0.2) is 41.3 Å². The van der Waals surface area contributed by atoms with E-state index in [0.717, 1.165) is 35.8 Å². The summed E-state index contributed by atoms with van der Waals surface area (Å²) < 4.78 is 22.6. The van der Waals surface area contributed by atoms with Gasteiger partial charge in [0.05, 0.1) is 41.3 Å². The van der Waals surface area contributed by atoms with Gasteiger partial charge in [-0.2, -0.15) is 0 Å². The number of benzene rings is 4. The molecule has 4 aromatic rings. The van der Waals surface area contributed by atoms with Crippen LogP contribution in [0.25, 0.3) is 0 Å². The van der Waals surface area contributed by atoms with Crippen LogP contribution in [-0.2, 0) is 17.1 Å². The standard InChI is InChI=1S/C28H39O2PSi.C25H30BrO2P.Fe/c1-11-22-12-13-25(28(22)32(8,9)10)31(23-14-18(2)26(29-6)19(3)15-23)24-16-20(4)27(30-7)21(5)17-24;1-8-19-9-10-22(23(19)26)29(20-11-15(2)24(27-6)16(3)12-20)21-13-17(4)25(28-7)18(5)14-21;/h12-17,28H,11H2,1-10H3;9-14,23H,8H2,1-7H3;/q;;+2. The van der Waals surface area contributed by atoms with Crippen molar-refractivity contribution in [3.05, 3.63) is 139 Å². The van der Waals surface area contributed by atoms with Gasteiger partial charge in [-0.1, -0.05) is 84.9 Å². The molecule has 2 aliphatic carbocycles. The molecule has 9 heteroatoms. The molecular weight excluding hydrogens is 926 g/mol. The SMILES string of the molecule is CCC1=CC=C(P(c2cc(C)c(OC)c(C)c2)c2cc(C)c(OC)c(C)c2)C1Br.CCC1=CC=C(P(c2cc(C)c(OC)c(C)c2)c2cc(C)c(OC)c(C)c2)C1[Si](C)(C)C.[Fe+2]. The molecule has 0 spiro atoms. The monoisotopic (exact) mass is 994 g/mol. The molecule has 0 saturated heterocycles. The van der Waals surface area contributed by atoms with E-state index in [1.165, 1.54) is 76.6 Å². The van der Waals surface area contributed by atoms with E-state index in [1.807, 2.05) is 0 Å². The van der Waals surface area contributed by atoms with Crippen LogP contribution in [0.15, 0.2) is 94.6 Å². The Morgan fingerprint density at radius 2 is 0.710 bits per heavy atom. The van der Waals surface area contributed by atoms with Crippen LogP contribution >= 0.6 is 31.8 Å². The summed E-state index contributed by atoms with van der Waals surface area (Å²) in [4.78, 5) is 0.295. The zero-order valence-electron chi connectivity index (χ0n) is 40.3. The summed E-state index contributed by atoms with van der Waals surface area (Å²) in [6.07, 6.45) is 11.7. The molecule has 0 N–H and O–H groups in total. The Morgan fingerprint density at radius 1 is 0.452 bits per heavy atom. The predicted octanol–water partition coefficient (Wildman–Crippen LogP) is 13.7. The van der Waals surface area contributed by atoms with Gasteiger partial charge in [-0.3, -0.25) is 0 Å². The third kappa shape index (κ3) is 10.8. The third-order valence-corrected chi connectivity index (χ3v) is 21.1. The second kappa shape index (κ2) is 21.9. The first-order valence-corrected chi connectivity index (χ1v) is 28.7. The molecule has 0 bridgehead atoms. The molecule has 332 valence electrons. The van der Waals surface area contributed by atoms with E-state index in [1.54, 1.807) is 39.3 Å². The Hall–Kier alpha value is -2.88. The number of methoxy groups -OCH3 is 4. The third-order valence-electron chi connectivity index (χ3n) is 12.0. The van der Waals surface area contributed by atoms with E-state index in [2.05, 4.69) is 178 Å². The van der Waals surface area contributed by atoms with Crippen molar-refractivity contribution in [2.75, 3.05) is 28.4 Å². The minimum atomic E-state index is -1.46. The molecular formula is C53H69BrFeO4P2Si+2. The maximum atomic E-state index is 5.69. The smallest absolute Gasteiger partial charge is 0.496 e. The molecule has 2 unspecified atom stereocenters. The largest absolute Gasteiger partial charge is 2.00 e. The van der Waals surface area contributed by atoms with Gasteiger partial charge >= 0.3 is 17.1 Å². The van der Waals surface area contributed by atoms with Crippen molar-refractivity contribution in [2.45, 2.75) is 112 Å². The Balaban J connectivity index is 0.000000269. The zero-order valence-corrected chi connectivity index (χ0v) is 45.7. The summed E-state index contributed by atoms with van der Waals surface area (Å²) in [5.74, 6) is 3.96. The fourth-order valence-corrected chi connectivity index (χ4v) is 20.4. The van der Waals surface area contributed by atoms with E-state index < -0.39 is 23.9 Å². The number of alkyl halides is 1. The summed E-state index contributed by atoms with van der Waals surface area (Å²) in [5.41, 5.74) is 13.2. The second-order valence-electron chi connectivity index (χ2n) is 17.7. The van der Waals surface area contributed by atoms with Gasteiger partial charge in [0.25, 0.3) is 0 Å². The van der Waals surface area contributed by atoms with Crippen LogP contribution in [0, 0.1) is 55.4 Å². The predicted molar refractivity (Wildman–Crippen MR) is 275 cm³/mol. The first-order chi connectivity index (χ1) is 28.8. The van der Waals surface area contributed by atoms with Crippen LogP contribution in [0.3, 0.4) is 0 Å². The average molecular weight is 996 g/mol. The normalized spacial score (nSPS) is 15.9. The number of hydrogen-bond acceptors (Lipinski definition) is 4. The molecule has 0 heterocycles. The van der Waals surface area contributed by atoms with Crippen LogP contribution in [0.4, 0.5) is 0 Å². The Kier molecular flexibility index (Phi) is 18.3. The maximum Gasteiger partial charge on any atom is 2.00 e. The molecule has 0 saturated carbocycles. The Morgan fingerprint density at radius 3 is 0.952 bits per heavy atom. The number of halogens is 1. The van der Waals surface area contributed by atoms with Crippen molar-refractivity contribution < 1.29 is 36.0 Å². The number of ether oxygens (including phenoxy) is 4. The van der Waals surface area contributed by atoms with Crippen LogP contribution < -0.4 is 40.2 Å². The second-order valence-corrected chi connectivity index (χ2v) is 28.3. The van der Waals surface area contributed by atoms with E-state index in [9.17, 15) is 0 Å². The molecule has 2 atom stereocenters. The molecule has 62 heavy (non-hydrogen) atoms. The molecule has 2 aliphatic rings. The number of rotatable bonds is 13. The van der Waals surface area contributed by atoms with Crippen LogP contribution in [0.5, 0.6) is 23.0 Å². The van der Waals surface area contributed by atoms with E-state index in [-0.39, 0.29) is 17.1 Å². The van der Waals surface area contributed by atoms with Gasteiger partial charge in [0.1, 0.15) is 23.0 Å². The number of hydrogen-bond donors (Lipinski definition) is 0. The minimum absolute atomic E-state index is 0. The Bertz CT molecular complexity index is 2200. The van der Waals surface area contributed by atoms with Crippen LogP contribution in [0.2, 0.25) is 25.2 Å². The van der Waals surface area contributed by atoms with Gasteiger partial charge in [-0.15, -0.1) is 0 Å². The average Bonchev–Trinajstić information content (AvgIpc) is 3.78. The van der Waals surface area contributed by atoms with Crippen molar-refractivity contribution in [3.8, 4) is 23.0 Å². The van der Waals surface area contributed by atoms with Gasteiger partial charge < -0.3 is 18.9 Å². The first kappa shape index (κ1) is 51.7. The zero-order chi connectivity index (χ0) is 45.1. The maximum absolute atomic E-state index is 5.69. The van der Waals surface area contributed by atoms with Gasteiger partial charge in [0.15, 0.2) is 0 Å². The molecule has 0 amide bonds. The Labute approximate surface area is 397 Å². The molecule has 4 aromatic carbocycles. The topological polar surface area (TPSA) is 36.9 Å².